The molecular weight excluding hydrogens is 320 g/mol. The molecule has 0 radical (unpaired) electrons. The van der Waals surface area contributed by atoms with E-state index in [1.807, 2.05) is 30.3 Å². The summed E-state index contributed by atoms with van der Waals surface area (Å²) in [6.07, 6.45) is 1.13. The summed E-state index contributed by atoms with van der Waals surface area (Å²) in [5, 5.41) is 10.9. The molecule has 2 aromatic carbocycles. The number of hydrogen-bond donors (Lipinski definition) is 0. The molecule has 2 aliphatic rings. The van der Waals surface area contributed by atoms with Crippen molar-refractivity contribution in [1.29, 1.82) is 0 Å². The van der Waals surface area contributed by atoms with E-state index in [0.717, 1.165) is 16.8 Å². The van der Waals surface area contributed by atoms with Gasteiger partial charge in [0.2, 0.25) is 0 Å². The summed E-state index contributed by atoms with van der Waals surface area (Å²) >= 11 is 0. The molecule has 0 aromatic heterocycles. The average molecular weight is 336 g/mol. The number of esters is 1. The number of aliphatic imine (C=N–C) groups is 1. The van der Waals surface area contributed by atoms with Gasteiger partial charge in [-0.1, -0.05) is 42.5 Å². The van der Waals surface area contributed by atoms with Gasteiger partial charge in [0.05, 0.1) is 17.6 Å². The summed E-state index contributed by atoms with van der Waals surface area (Å²) in [4.78, 5) is 27.8. The van der Waals surface area contributed by atoms with Gasteiger partial charge in [-0.05, 0) is 11.1 Å². The Kier molecular flexibility index (Phi) is 3.60. The molecule has 4 rings (SSSR count). The lowest BCUT2D eigenvalue weighted by Crippen LogP contribution is -2.30. The third-order valence-electron chi connectivity index (χ3n) is 5.01. The lowest BCUT2D eigenvalue weighted by Gasteiger charge is -2.25. The van der Waals surface area contributed by atoms with E-state index in [0.29, 0.717) is 19.4 Å². The lowest BCUT2D eigenvalue weighted by atomic mass is 9.74. The van der Waals surface area contributed by atoms with Gasteiger partial charge in [0.25, 0.3) is 5.69 Å². The minimum absolute atomic E-state index is 0.0251. The van der Waals surface area contributed by atoms with Gasteiger partial charge in [0.15, 0.2) is 0 Å². The quantitative estimate of drug-likeness (QED) is 0.488. The van der Waals surface area contributed by atoms with Gasteiger partial charge < -0.3 is 4.74 Å². The Morgan fingerprint density at radius 2 is 1.84 bits per heavy atom. The smallest absolute Gasteiger partial charge is 0.315 e. The molecule has 0 saturated carbocycles. The van der Waals surface area contributed by atoms with Crippen LogP contribution in [0.3, 0.4) is 0 Å². The first-order valence-electron chi connectivity index (χ1n) is 8.14. The Morgan fingerprint density at radius 3 is 2.44 bits per heavy atom. The molecule has 6 heteroatoms. The summed E-state index contributed by atoms with van der Waals surface area (Å²) in [7, 11) is 0. The van der Waals surface area contributed by atoms with Crippen molar-refractivity contribution in [3.8, 4) is 0 Å². The molecule has 0 N–H and O–H groups in total. The molecule has 0 unspecified atom stereocenters. The summed E-state index contributed by atoms with van der Waals surface area (Å²) in [5.41, 5.74) is 1.99. The van der Waals surface area contributed by atoms with Gasteiger partial charge in [-0.25, -0.2) is 0 Å². The second-order valence-corrected chi connectivity index (χ2v) is 6.41. The van der Waals surface area contributed by atoms with Gasteiger partial charge >= 0.3 is 5.97 Å². The molecule has 2 atom stereocenters. The van der Waals surface area contributed by atoms with Crippen molar-refractivity contribution in [3.63, 3.8) is 0 Å². The number of non-ortho nitro benzene ring substituents is 1. The predicted molar refractivity (Wildman–Crippen MR) is 91.4 cm³/mol. The van der Waals surface area contributed by atoms with E-state index in [2.05, 4.69) is 0 Å². The monoisotopic (exact) mass is 336 g/mol. The molecule has 0 aliphatic carbocycles. The molecule has 2 heterocycles. The van der Waals surface area contributed by atoms with Gasteiger partial charge in [0.1, 0.15) is 5.41 Å². The molecule has 2 aromatic rings. The number of benzene rings is 2. The molecule has 1 saturated heterocycles. The van der Waals surface area contributed by atoms with E-state index in [-0.39, 0.29) is 17.7 Å². The van der Waals surface area contributed by atoms with Gasteiger partial charge in [-0.2, -0.15) is 0 Å². The summed E-state index contributed by atoms with van der Waals surface area (Å²) < 4.78 is 5.27. The van der Waals surface area contributed by atoms with E-state index < -0.39 is 10.3 Å². The number of cyclic esters (lactones) is 1. The Labute approximate surface area is 144 Å². The van der Waals surface area contributed by atoms with Crippen LogP contribution in [0.5, 0.6) is 0 Å². The van der Waals surface area contributed by atoms with E-state index in [1.165, 1.54) is 12.1 Å². The van der Waals surface area contributed by atoms with Crippen molar-refractivity contribution in [1.82, 2.24) is 0 Å². The van der Waals surface area contributed by atoms with Crippen LogP contribution in [0.25, 0.3) is 0 Å². The highest BCUT2D eigenvalue weighted by Crippen LogP contribution is 2.52. The van der Waals surface area contributed by atoms with Crippen LogP contribution in [0.4, 0.5) is 5.69 Å². The average Bonchev–Trinajstić information content (AvgIpc) is 3.20. The fourth-order valence-corrected chi connectivity index (χ4v) is 3.68. The molecule has 25 heavy (non-hydrogen) atoms. The molecule has 2 aliphatic heterocycles. The Bertz CT molecular complexity index is 861. The fourth-order valence-electron chi connectivity index (χ4n) is 3.68. The summed E-state index contributed by atoms with van der Waals surface area (Å²) in [6.45, 7) is 0.389. The SMILES string of the molecule is O=C1OCC[C@@]12CC(c1ccccc1)=N[C@H]2c1ccc([N+](=O)[O-])cc1. The van der Waals surface area contributed by atoms with Crippen LogP contribution in [0.15, 0.2) is 59.6 Å². The van der Waals surface area contributed by atoms with Gasteiger partial charge in [0, 0.05) is 30.7 Å². The number of hydrogen-bond acceptors (Lipinski definition) is 5. The van der Waals surface area contributed by atoms with E-state index in [1.54, 1.807) is 12.1 Å². The van der Waals surface area contributed by atoms with Crippen molar-refractivity contribution in [2.24, 2.45) is 10.4 Å². The number of carbonyl (C=O) groups is 1. The van der Waals surface area contributed by atoms with Crippen LogP contribution in [0.2, 0.25) is 0 Å². The second kappa shape index (κ2) is 5.81. The zero-order valence-electron chi connectivity index (χ0n) is 13.4. The standard InChI is InChI=1S/C19H16N2O4/c22-18-19(10-11-25-18)12-16(13-4-2-1-3-5-13)20-17(19)14-6-8-15(9-7-14)21(23)24/h1-9,17H,10-12H2/t17-,19-/m0/s1. The molecular formula is C19H16N2O4. The lowest BCUT2D eigenvalue weighted by molar-refractivity contribution is -0.384. The van der Waals surface area contributed by atoms with E-state index >= 15 is 0 Å². The van der Waals surface area contributed by atoms with E-state index in [9.17, 15) is 14.9 Å². The van der Waals surface area contributed by atoms with Crippen molar-refractivity contribution < 1.29 is 14.5 Å². The molecule has 1 spiro atoms. The number of ether oxygens (including phenoxy) is 1. The molecule has 126 valence electrons. The summed E-state index contributed by atoms with van der Waals surface area (Å²) in [6, 6.07) is 15.7. The number of nitro benzene ring substituents is 1. The Morgan fingerprint density at radius 1 is 1.12 bits per heavy atom. The first-order valence-corrected chi connectivity index (χ1v) is 8.14. The minimum Gasteiger partial charge on any atom is -0.465 e. The van der Waals surface area contributed by atoms with Crippen LogP contribution in [-0.4, -0.2) is 23.2 Å². The fraction of sp³-hybridized carbons (Fsp3) is 0.263. The van der Waals surface area contributed by atoms with Crippen molar-refractivity contribution >= 4 is 17.4 Å². The topological polar surface area (TPSA) is 81.8 Å². The highest BCUT2D eigenvalue weighted by molar-refractivity contribution is 6.05. The number of rotatable bonds is 3. The van der Waals surface area contributed by atoms with Crippen LogP contribution in [0.1, 0.15) is 30.0 Å². The van der Waals surface area contributed by atoms with Crippen molar-refractivity contribution in [3.05, 3.63) is 75.8 Å². The maximum absolute atomic E-state index is 12.5. The number of nitrogens with zero attached hydrogens (tertiary/aromatic N) is 2. The third kappa shape index (κ3) is 2.50. The van der Waals surface area contributed by atoms with Crippen LogP contribution < -0.4 is 0 Å². The zero-order chi connectivity index (χ0) is 17.4. The van der Waals surface area contributed by atoms with Crippen LogP contribution in [0, 0.1) is 15.5 Å². The molecule has 0 bridgehead atoms. The maximum atomic E-state index is 12.5. The second-order valence-electron chi connectivity index (χ2n) is 6.41. The Balaban J connectivity index is 1.77. The number of nitro groups is 1. The molecule has 1 fully saturated rings. The largest absolute Gasteiger partial charge is 0.465 e. The van der Waals surface area contributed by atoms with Crippen molar-refractivity contribution in [2.75, 3.05) is 6.61 Å². The van der Waals surface area contributed by atoms with Crippen molar-refractivity contribution in [2.45, 2.75) is 18.9 Å². The summed E-state index contributed by atoms with van der Waals surface area (Å²) in [5.74, 6) is -0.231. The molecule has 0 amide bonds. The van der Waals surface area contributed by atoms with Crippen LogP contribution >= 0.6 is 0 Å². The first-order chi connectivity index (χ1) is 12.1. The zero-order valence-corrected chi connectivity index (χ0v) is 13.4. The van der Waals surface area contributed by atoms with Gasteiger partial charge in [-0.3, -0.25) is 19.9 Å². The van der Waals surface area contributed by atoms with Gasteiger partial charge in [-0.15, -0.1) is 0 Å². The van der Waals surface area contributed by atoms with Crippen LogP contribution in [-0.2, 0) is 9.53 Å². The molecule has 6 nitrogen and oxygen atoms in total. The third-order valence-corrected chi connectivity index (χ3v) is 5.01. The Hall–Kier alpha value is -3.02. The van der Waals surface area contributed by atoms with E-state index in [4.69, 9.17) is 9.73 Å². The predicted octanol–water partition coefficient (Wildman–Crippen LogP) is 3.46. The normalized spacial score (nSPS) is 25.0. The highest BCUT2D eigenvalue weighted by Gasteiger charge is 2.55. The first kappa shape index (κ1) is 15.5. The number of carbonyl (C=O) groups excluding carboxylic acids is 1. The highest BCUT2D eigenvalue weighted by atomic mass is 16.6. The minimum atomic E-state index is -0.707. The maximum Gasteiger partial charge on any atom is 0.315 e.